The largest absolute Gasteiger partial charge is 0.366 e. The van der Waals surface area contributed by atoms with Crippen molar-refractivity contribution >= 4 is 11.6 Å². The van der Waals surface area contributed by atoms with E-state index in [9.17, 15) is 9.18 Å². The van der Waals surface area contributed by atoms with E-state index in [-0.39, 0.29) is 11.7 Å². The van der Waals surface area contributed by atoms with E-state index < -0.39 is 0 Å². The number of nitrogens with zero attached hydrogens (tertiary/aromatic N) is 3. The molecule has 1 amide bonds. The highest BCUT2D eigenvalue weighted by molar-refractivity contribution is 5.93. The zero-order chi connectivity index (χ0) is 15.7. The highest BCUT2D eigenvalue weighted by atomic mass is 19.1. The number of aryl methyl sites for hydroxylation is 1. The fourth-order valence-electron chi connectivity index (χ4n) is 2.63. The van der Waals surface area contributed by atoms with Crippen LogP contribution in [0.25, 0.3) is 0 Å². The lowest BCUT2D eigenvalue weighted by Gasteiger charge is -2.35. The SMILES string of the molecule is Cc1onc(C(=O)N2CCN(c3ccccc3F)CC2)c1C. The number of piperazine rings is 1. The van der Waals surface area contributed by atoms with Crippen LogP contribution in [0.3, 0.4) is 0 Å². The van der Waals surface area contributed by atoms with Crippen LogP contribution in [0.5, 0.6) is 0 Å². The number of rotatable bonds is 2. The van der Waals surface area contributed by atoms with Crippen molar-refractivity contribution in [2.45, 2.75) is 13.8 Å². The first-order valence-corrected chi connectivity index (χ1v) is 7.29. The first-order valence-electron chi connectivity index (χ1n) is 7.29. The lowest BCUT2D eigenvalue weighted by molar-refractivity contribution is 0.0735. The molecule has 1 fully saturated rings. The minimum Gasteiger partial charge on any atom is -0.366 e. The average Bonchev–Trinajstić information content (AvgIpc) is 2.87. The summed E-state index contributed by atoms with van der Waals surface area (Å²) in [5, 5.41) is 3.84. The molecule has 1 aliphatic heterocycles. The first-order chi connectivity index (χ1) is 10.6. The van der Waals surface area contributed by atoms with E-state index in [2.05, 4.69) is 5.16 Å². The van der Waals surface area contributed by atoms with Gasteiger partial charge in [-0.25, -0.2) is 4.39 Å². The molecule has 0 aliphatic carbocycles. The maximum Gasteiger partial charge on any atom is 0.276 e. The lowest BCUT2D eigenvalue weighted by atomic mass is 10.2. The average molecular weight is 303 g/mol. The van der Waals surface area contributed by atoms with Crippen molar-refractivity contribution in [2.24, 2.45) is 0 Å². The number of para-hydroxylation sites is 1. The van der Waals surface area contributed by atoms with Crippen LogP contribution in [-0.4, -0.2) is 42.1 Å². The Morgan fingerprint density at radius 3 is 2.45 bits per heavy atom. The molecule has 0 saturated carbocycles. The van der Waals surface area contributed by atoms with Gasteiger partial charge in [-0.1, -0.05) is 17.3 Å². The van der Waals surface area contributed by atoms with Crippen molar-refractivity contribution in [3.8, 4) is 0 Å². The molecule has 5 nitrogen and oxygen atoms in total. The van der Waals surface area contributed by atoms with E-state index in [0.717, 1.165) is 5.56 Å². The normalized spacial score (nSPS) is 15.2. The second-order valence-electron chi connectivity index (χ2n) is 5.44. The number of hydrogen-bond acceptors (Lipinski definition) is 4. The van der Waals surface area contributed by atoms with Gasteiger partial charge in [-0.3, -0.25) is 4.79 Å². The third-order valence-electron chi connectivity index (χ3n) is 4.12. The first kappa shape index (κ1) is 14.6. The summed E-state index contributed by atoms with van der Waals surface area (Å²) < 4.78 is 18.9. The molecule has 1 saturated heterocycles. The summed E-state index contributed by atoms with van der Waals surface area (Å²) in [6.45, 7) is 5.89. The van der Waals surface area contributed by atoms with Gasteiger partial charge >= 0.3 is 0 Å². The van der Waals surface area contributed by atoms with E-state index in [1.807, 2.05) is 17.9 Å². The second kappa shape index (κ2) is 5.79. The highest BCUT2D eigenvalue weighted by Crippen LogP contribution is 2.21. The molecule has 0 N–H and O–H groups in total. The van der Waals surface area contributed by atoms with Crippen LogP contribution in [0.2, 0.25) is 0 Å². The molecule has 0 radical (unpaired) electrons. The van der Waals surface area contributed by atoms with Gasteiger partial charge in [0.15, 0.2) is 5.69 Å². The third kappa shape index (κ3) is 2.56. The number of benzene rings is 1. The van der Waals surface area contributed by atoms with E-state index in [4.69, 9.17) is 4.52 Å². The molecule has 6 heteroatoms. The Morgan fingerprint density at radius 2 is 1.86 bits per heavy atom. The fourth-order valence-corrected chi connectivity index (χ4v) is 2.63. The Balaban J connectivity index is 1.68. The van der Waals surface area contributed by atoms with Crippen LogP contribution in [0, 0.1) is 19.7 Å². The van der Waals surface area contributed by atoms with Crippen molar-refractivity contribution < 1.29 is 13.7 Å². The van der Waals surface area contributed by atoms with Gasteiger partial charge in [-0.05, 0) is 26.0 Å². The van der Waals surface area contributed by atoms with Gasteiger partial charge in [-0.2, -0.15) is 0 Å². The summed E-state index contributed by atoms with van der Waals surface area (Å²) in [5.74, 6) is 0.307. The number of carbonyl (C=O) groups is 1. The molecule has 0 bridgehead atoms. The fraction of sp³-hybridized carbons (Fsp3) is 0.375. The molecule has 3 rings (SSSR count). The summed E-state index contributed by atoms with van der Waals surface area (Å²) in [5.41, 5.74) is 1.74. The molecule has 2 aromatic rings. The Kier molecular flexibility index (Phi) is 3.83. The maximum absolute atomic E-state index is 13.8. The van der Waals surface area contributed by atoms with Gasteiger partial charge in [-0.15, -0.1) is 0 Å². The standard InChI is InChI=1S/C16H18FN3O2/c1-11-12(2)22-18-15(11)16(21)20-9-7-19(8-10-20)14-6-4-3-5-13(14)17/h3-6H,7-10H2,1-2H3. The molecule has 0 unspecified atom stereocenters. The molecule has 116 valence electrons. The van der Waals surface area contributed by atoms with Crippen LogP contribution in [-0.2, 0) is 0 Å². The van der Waals surface area contributed by atoms with Gasteiger partial charge in [0.1, 0.15) is 11.6 Å². The molecule has 0 atom stereocenters. The van der Waals surface area contributed by atoms with Crippen LogP contribution < -0.4 is 4.90 Å². The van der Waals surface area contributed by atoms with Crippen molar-refractivity contribution in [1.82, 2.24) is 10.1 Å². The number of anilines is 1. The van der Waals surface area contributed by atoms with Crippen LogP contribution in [0.1, 0.15) is 21.8 Å². The Morgan fingerprint density at radius 1 is 1.18 bits per heavy atom. The Labute approximate surface area is 128 Å². The molecular formula is C16H18FN3O2. The Bertz CT molecular complexity index is 690. The molecular weight excluding hydrogens is 285 g/mol. The van der Waals surface area contributed by atoms with Gasteiger partial charge in [0.05, 0.1) is 5.69 Å². The zero-order valence-electron chi connectivity index (χ0n) is 12.7. The number of amides is 1. The van der Waals surface area contributed by atoms with Gasteiger partial charge in [0.2, 0.25) is 0 Å². The minimum atomic E-state index is -0.231. The maximum atomic E-state index is 13.8. The van der Waals surface area contributed by atoms with E-state index in [1.54, 1.807) is 24.0 Å². The number of halogens is 1. The molecule has 0 spiro atoms. The van der Waals surface area contributed by atoms with Crippen molar-refractivity contribution in [2.75, 3.05) is 31.1 Å². The van der Waals surface area contributed by atoms with Gasteiger partial charge < -0.3 is 14.3 Å². The van der Waals surface area contributed by atoms with E-state index >= 15 is 0 Å². The third-order valence-corrected chi connectivity index (χ3v) is 4.12. The quantitative estimate of drug-likeness (QED) is 0.855. The molecule has 1 aromatic carbocycles. The van der Waals surface area contributed by atoms with Crippen molar-refractivity contribution in [3.05, 3.63) is 47.1 Å². The van der Waals surface area contributed by atoms with Crippen LogP contribution in [0.4, 0.5) is 10.1 Å². The Hall–Kier alpha value is -2.37. The molecule has 1 aliphatic rings. The summed E-state index contributed by atoms with van der Waals surface area (Å²) in [6, 6.07) is 6.71. The van der Waals surface area contributed by atoms with E-state index in [0.29, 0.717) is 43.3 Å². The van der Waals surface area contributed by atoms with Gasteiger partial charge in [0, 0.05) is 31.7 Å². The number of hydrogen-bond donors (Lipinski definition) is 0. The number of aromatic nitrogens is 1. The highest BCUT2D eigenvalue weighted by Gasteiger charge is 2.26. The summed E-state index contributed by atoms with van der Waals surface area (Å²) in [7, 11) is 0. The monoisotopic (exact) mass is 303 g/mol. The number of carbonyl (C=O) groups excluding carboxylic acids is 1. The van der Waals surface area contributed by atoms with Gasteiger partial charge in [0.25, 0.3) is 5.91 Å². The van der Waals surface area contributed by atoms with Crippen molar-refractivity contribution in [1.29, 1.82) is 0 Å². The minimum absolute atomic E-state index is 0.123. The second-order valence-corrected chi connectivity index (χ2v) is 5.44. The van der Waals surface area contributed by atoms with Crippen molar-refractivity contribution in [3.63, 3.8) is 0 Å². The summed E-state index contributed by atoms with van der Waals surface area (Å²) >= 11 is 0. The summed E-state index contributed by atoms with van der Waals surface area (Å²) in [6.07, 6.45) is 0. The predicted molar refractivity (Wildman–Crippen MR) is 80.5 cm³/mol. The smallest absolute Gasteiger partial charge is 0.276 e. The predicted octanol–water partition coefficient (Wildman–Crippen LogP) is 2.39. The molecule has 1 aromatic heterocycles. The van der Waals surface area contributed by atoms with Crippen LogP contribution in [0.15, 0.2) is 28.8 Å². The molecule has 22 heavy (non-hydrogen) atoms. The topological polar surface area (TPSA) is 49.6 Å². The van der Waals surface area contributed by atoms with E-state index in [1.165, 1.54) is 6.07 Å². The summed E-state index contributed by atoms with van der Waals surface area (Å²) in [4.78, 5) is 16.2. The van der Waals surface area contributed by atoms with Crippen LogP contribution >= 0.6 is 0 Å². The lowest BCUT2D eigenvalue weighted by Crippen LogP contribution is -2.49. The zero-order valence-corrected chi connectivity index (χ0v) is 12.7. The molecule has 2 heterocycles.